The van der Waals surface area contributed by atoms with Crippen molar-refractivity contribution in [2.24, 2.45) is 10.8 Å². The minimum atomic E-state index is -0.927. The van der Waals surface area contributed by atoms with Crippen molar-refractivity contribution in [3.05, 3.63) is 46.3 Å². The van der Waals surface area contributed by atoms with Crippen LogP contribution in [0.15, 0.2) is 46.3 Å². The van der Waals surface area contributed by atoms with Crippen LogP contribution in [-0.4, -0.2) is 11.9 Å². The molecule has 0 N–H and O–H groups in total. The van der Waals surface area contributed by atoms with Crippen LogP contribution in [0.4, 0.5) is 0 Å². The molecule has 3 nitrogen and oxygen atoms in total. The molecule has 18 heavy (non-hydrogen) atoms. The van der Waals surface area contributed by atoms with Crippen LogP contribution in [-0.2, 0) is 14.3 Å². The monoisotopic (exact) mass is 260 g/mol. The standard InChI is InChI=1S/C14H12O3S/c1-13-7-6-10-9(5-3-4-8-18-10)14(13,2)12(16)17-11(13)15/h3-8H,1-2H3. The number of esters is 2. The highest BCUT2D eigenvalue weighted by molar-refractivity contribution is 8.06. The highest BCUT2D eigenvalue weighted by Crippen LogP contribution is 2.57. The van der Waals surface area contributed by atoms with Crippen LogP contribution < -0.4 is 0 Å². The Morgan fingerprint density at radius 3 is 2.67 bits per heavy atom. The Morgan fingerprint density at radius 2 is 1.89 bits per heavy atom. The second-order valence-corrected chi connectivity index (χ2v) is 5.87. The van der Waals surface area contributed by atoms with Crippen LogP contribution in [0.25, 0.3) is 0 Å². The zero-order valence-electron chi connectivity index (χ0n) is 10.1. The third kappa shape index (κ3) is 1.16. The number of thioether (sulfide) groups is 1. The van der Waals surface area contributed by atoms with E-state index >= 15 is 0 Å². The van der Waals surface area contributed by atoms with Crippen molar-refractivity contribution in [1.82, 2.24) is 0 Å². The molecule has 0 aromatic carbocycles. The molecule has 92 valence electrons. The molecule has 0 spiro atoms. The van der Waals surface area contributed by atoms with Crippen LogP contribution in [0, 0.1) is 10.8 Å². The van der Waals surface area contributed by atoms with Gasteiger partial charge in [0.1, 0.15) is 10.8 Å². The lowest BCUT2D eigenvalue weighted by atomic mass is 9.61. The van der Waals surface area contributed by atoms with Gasteiger partial charge in [0.15, 0.2) is 0 Å². The van der Waals surface area contributed by atoms with Gasteiger partial charge in [-0.15, -0.1) is 0 Å². The van der Waals surface area contributed by atoms with Gasteiger partial charge in [-0.2, -0.15) is 0 Å². The number of rotatable bonds is 0. The van der Waals surface area contributed by atoms with E-state index in [1.54, 1.807) is 31.7 Å². The van der Waals surface area contributed by atoms with Crippen LogP contribution in [0.2, 0.25) is 0 Å². The average molecular weight is 260 g/mol. The van der Waals surface area contributed by atoms with Gasteiger partial charge in [0, 0.05) is 4.91 Å². The fourth-order valence-corrected chi connectivity index (χ4v) is 3.43. The molecule has 0 bridgehead atoms. The van der Waals surface area contributed by atoms with Gasteiger partial charge in [-0.1, -0.05) is 42.1 Å². The van der Waals surface area contributed by atoms with Crippen LogP contribution in [0.5, 0.6) is 0 Å². The molecule has 0 amide bonds. The van der Waals surface area contributed by atoms with E-state index in [2.05, 4.69) is 0 Å². The normalized spacial score (nSPS) is 37.4. The molecule has 2 heterocycles. The number of hydrogen-bond acceptors (Lipinski definition) is 4. The van der Waals surface area contributed by atoms with Gasteiger partial charge in [0.2, 0.25) is 0 Å². The van der Waals surface area contributed by atoms with E-state index in [1.165, 1.54) is 0 Å². The van der Waals surface area contributed by atoms with Crippen molar-refractivity contribution >= 4 is 23.7 Å². The van der Waals surface area contributed by atoms with E-state index in [0.717, 1.165) is 10.5 Å². The van der Waals surface area contributed by atoms with Gasteiger partial charge < -0.3 is 4.74 Å². The summed E-state index contributed by atoms with van der Waals surface area (Å²) in [6.07, 6.45) is 9.39. The maximum absolute atomic E-state index is 12.1. The number of allylic oxidation sites excluding steroid dienone is 4. The molecule has 2 unspecified atom stereocenters. The maximum Gasteiger partial charge on any atom is 0.325 e. The predicted molar refractivity (Wildman–Crippen MR) is 69.4 cm³/mol. The van der Waals surface area contributed by atoms with E-state index in [9.17, 15) is 9.59 Å². The minimum absolute atomic E-state index is 0.459. The topological polar surface area (TPSA) is 43.4 Å². The van der Waals surface area contributed by atoms with Crippen molar-refractivity contribution in [2.45, 2.75) is 13.8 Å². The van der Waals surface area contributed by atoms with Crippen LogP contribution in [0.1, 0.15) is 13.8 Å². The molecule has 0 aromatic rings. The van der Waals surface area contributed by atoms with Gasteiger partial charge in [0.25, 0.3) is 0 Å². The molecule has 4 heteroatoms. The largest absolute Gasteiger partial charge is 0.392 e. The Kier molecular flexibility index (Phi) is 2.23. The van der Waals surface area contributed by atoms with Crippen molar-refractivity contribution in [3.63, 3.8) is 0 Å². The first kappa shape index (κ1) is 11.5. The molecule has 1 fully saturated rings. The second-order valence-electron chi connectivity index (χ2n) is 4.92. The maximum atomic E-state index is 12.1. The van der Waals surface area contributed by atoms with Gasteiger partial charge in [-0.25, -0.2) is 0 Å². The zero-order valence-corrected chi connectivity index (χ0v) is 10.9. The van der Waals surface area contributed by atoms with Crippen LogP contribution in [0.3, 0.4) is 0 Å². The van der Waals surface area contributed by atoms with E-state index in [-0.39, 0.29) is 0 Å². The fraction of sp³-hybridized carbons (Fsp3) is 0.286. The van der Waals surface area contributed by atoms with Crippen LogP contribution >= 0.6 is 11.8 Å². The lowest BCUT2D eigenvalue weighted by Gasteiger charge is -2.36. The molecule has 3 aliphatic rings. The summed E-state index contributed by atoms with van der Waals surface area (Å²) in [5, 5.41) is 1.96. The first-order chi connectivity index (χ1) is 8.50. The third-order valence-corrected chi connectivity index (χ3v) is 4.98. The first-order valence-corrected chi connectivity index (χ1v) is 6.59. The number of hydrogen-bond donors (Lipinski definition) is 0. The summed E-state index contributed by atoms with van der Waals surface area (Å²) >= 11 is 1.55. The Bertz CT molecular complexity index is 582. The fourth-order valence-electron chi connectivity index (χ4n) is 2.57. The molecule has 0 saturated carbocycles. The average Bonchev–Trinajstić information content (AvgIpc) is 2.55. The molecule has 1 aliphatic carbocycles. The van der Waals surface area contributed by atoms with E-state index in [4.69, 9.17) is 4.74 Å². The third-order valence-electron chi connectivity index (χ3n) is 4.08. The Labute approximate surface area is 109 Å². The van der Waals surface area contributed by atoms with Gasteiger partial charge in [-0.3, -0.25) is 9.59 Å². The molecule has 2 atom stereocenters. The Hall–Kier alpha value is -1.55. The summed E-state index contributed by atoms with van der Waals surface area (Å²) in [6, 6.07) is 0. The minimum Gasteiger partial charge on any atom is -0.392 e. The van der Waals surface area contributed by atoms with E-state index in [0.29, 0.717) is 0 Å². The summed E-state index contributed by atoms with van der Waals surface area (Å²) < 4.78 is 4.88. The Balaban J connectivity index is 2.26. The summed E-state index contributed by atoms with van der Waals surface area (Å²) in [4.78, 5) is 25.1. The quantitative estimate of drug-likeness (QED) is 0.496. The molecule has 3 rings (SSSR count). The molecule has 0 radical (unpaired) electrons. The number of carbonyl (C=O) groups excluding carboxylic acids is 2. The van der Waals surface area contributed by atoms with E-state index < -0.39 is 22.8 Å². The predicted octanol–water partition coefficient (Wildman–Crippen LogP) is 2.72. The van der Waals surface area contributed by atoms with Crippen molar-refractivity contribution < 1.29 is 14.3 Å². The first-order valence-electron chi connectivity index (χ1n) is 5.71. The summed E-state index contributed by atoms with van der Waals surface area (Å²) in [6.45, 7) is 3.55. The number of ether oxygens (including phenoxy) is 1. The lowest BCUT2D eigenvalue weighted by molar-refractivity contribution is -0.155. The summed E-state index contributed by atoms with van der Waals surface area (Å²) in [7, 11) is 0. The number of carbonyl (C=O) groups is 2. The number of fused-ring (bicyclic) bond motifs is 2. The molecule has 2 aliphatic heterocycles. The smallest absolute Gasteiger partial charge is 0.325 e. The second kappa shape index (κ2) is 3.48. The summed E-state index contributed by atoms with van der Waals surface area (Å²) in [5.41, 5.74) is -0.972. The highest BCUT2D eigenvalue weighted by Gasteiger charge is 2.64. The van der Waals surface area contributed by atoms with Gasteiger partial charge >= 0.3 is 11.9 Å². The highest BCUT2D eigenvalue weighted by atomic mass is 32.2. The van der Waals surface area contributed by atoms with Crippen molar-refractivity contribution in [3.8, 4) is 0 Å². The van der Waals surface area contributed by atoms with Gasteiger partial charge in [0.05, 0.1) is 0 Å². The Morgan fingerprint density at radius 1 is 1.11 bits per heavy atom. The lowest BCUT2D eigenvalue weighted by Crippen LogP contribution is -2.42. The van der Waals surface area contributed by atoms with Crippen molar-refractivity contribution in [2.75, 3.05) is 0 Å². The molecular weight excluding hydrogens is 248 g/mol. The molecular formula is C14H12O3S. The molecule has 0 aromatic heterocycles. The number of cyclic esters (lactones) is 2. The van der Waals surface area contributed by atoms with E-state index in [1.807, 2.05) is 29.7 Å². The zero-order chi connectivity index (χ0) is 13.0. The van der Waals surface area contributed by atoms with Crippen molar-refractivity contribution in [1.29, 1.82) is 0 Å². The SMILES string of the molecule is CC12C=CC3=C(C=CC=CS3)C1(C)C(=O)OC2=O. The van der Waals surface area contributed by atoms with Gasteiger partial charge in [-0.05, 0) is 24.8 Å². The summed E-state index contributed by atoms with van der Waals surface area (Å²) in [5.74, 6) is -0.924. The molecule has 1 saturated heterocycles.